The van der Waals surface area contributed by atoms with E-state index >= 15 is 0 Å². The van der Waals surface area contributed by atoms with Gasteiger partial charge in [0.05, 0.1) is 21.6 Å². The summed E-state index contributed by atoms with van der Waals surface area (Å²) in [4.78, 5) is 22.3. The molecule has 2 aromatic heterocycles. The number of nitrogens with zero attached hydrogens (tertiary/aromatic N) is 4. The van der Waals surface area contributed by atoms with E-state index in [-0.39, 0.29) is 31.8 Å². The Morgan fingerprint density at radius 2 is 2.05 bits per heavy atom. The summed E-state index contributed by atoms with van der Waals surface area (Å²) in [5, 5.41) is 14.0. The Labute approximate surface area is 133 Å². The number of thiophene rings is 1. The summed E-state index contributed by atoms with van der Waals surface area (Å²) < 4.78 is 0.165. The van der Waals surface area contributed by atoms with Crippen LogP contribution in [0.25, 0.3) is 0 Å². The van der Waals surface area contributed by atoms with Gasteiger partial charge < -0.3 is 11.1 Å². The van der Waals surface area contributed by atoms with Crippen LogP contribution in [0.2, 0.25) is 9.36 Å². The molecule has 3 N–H and O–H groups in total. The average Bonchev–Trinajstić information content (AvgIpc) is 2.64. The van der Waals surface area contributed by atoms with Crippen molar-refractivity contribution in [2.24, 2.45) is 0 Å². The third-order valence-electron chi connectivity index (χ3n) is 2.53. The summed E-state index contributed by atoms with van der Waals surface area (Å²) in [6.45, 7) is 3.34. The fraction of sp³-hybridized carbons (Fsp3) is 0.300. The summed E-state index contributed by atoms with van der Waals surface area (Å²) in [5.41, 5.74) is 5.82. The van der Waals surface area contributed by atoms with Gasteiger partial charge in [-0.15, -0.1) is 0 Å². The number of nitro groups is 1. The number of halogens is 2. The Kier molecular flexibility index (Phi) is 4.45. The first-order valence-electron chi connectivity index (χ1n) is 5.66. The van der Waals surface area contributed by atoms with Crippen molar-refractivity contribution in [1.82, 2.24) is 15.0 Å². The molecule has 0 aliphatic heterocycles. The molecular formula is C10H10Cl2N6O2S. The molecule has 0 aromatic carbocycles. The lowest BCUT2D eigenvalue weighted by atomic mass is 10.1. The van der Waals surface area contributed by atoms with Crippen LogP contribution in [0.1, 0.15) is 24.4 Å². The molecule has 0 amide bonds. The number of nitrogen functional groups attached to an aromatic ring is 1. The summed E-state index contributed by atoms with van der Waals surface area (Å²) in [6.07, 6.45) is 0. The maximum Gasteiger partial charge on any atom is 0.332 e. The van der Waals surface area contributed by atoms with Crippen LogP contribution in [0.3, 0.4) is 0 Å². The lowest BCUT2D eigenvalue weighted by Gasteiger charge is -2.13. The normalized spacial score (nSPS) is 12.2. The second-order valence-corrected chi connectivity index (χ2v) is 6.08. The van der Waals surface area contributed by atoms with Crippen LogP contribution < -0.4 is 11.1 Å². The molecule has 2 heterocycles. The van der Waals surface area contributed by atoms with Gasteiger partial charge in [0, 0.05) is 0 Å². The van der Waals surface area contributed by atoms with E-state index in [9.17, 15) is 10.1 Å². The van der Waals surface area contributed by atoms with Crippen molar-refractivity contribution < 1.29 is 4.92 Å². The molecule has 0 spiro atoms. The smallest absolute Gasteiger partial charge is 0.332 e. The molecule has 0 aliphatic carbocycles. The fourth-order valence-corrected chi connectivity index (χ4v) is 3.31. The second-order valence-electron chi connectivity index (χ2n) is 4.10. The van der Waals surface area contributed by atoms with Crippen molar-refractivity contribution in [2.75, 3.05) is 11.1 Å². The molecule has 1 unspecified atom stereocenters. The van der Waals surface area contributed by atoms with E-state index in [1.54, 1.807) is 13.8 Å². The van der Waals surface area contributed by atoms with Crippen molar-refractivity contribution in [3.63, 3.8) is 0 Å². The summed E-state index contributed by atoms with van der Waals surface area (Å²) in [5.74, 6) is 0.697. The van der Waals surface area contributed by atoms with Gasteiger partial charge in [-0.2, -0.15) is 15.0 Å². The molecule has 2 aromatic rings. The summed E-state index contributed by atoms with van der Waals surface area (Å²) in [6, 6.07) is -0.525. The lowest BCUT2D eigenvalue weighted by molar-refractivity contribution is -0.380. The van der Waals surface area contributed by atoms with Gasteiger partial charge >= 0.3 is 5.00 Å². The molecule has 0 radical (unpaired) electrons. The summed E-state index contributed by atoms with van der Waals surface area (Å²) >= 11 is 12.7. The van der Waals surface area contributed by atoms with Gasteiger partial charge in [0.15, 0.2) is 0 Å². The molecule has 112 valence electrons. The average molecular weight is 349 g/mol. The van der Waals surface area contributed by atoms with E-state index < -0.39 is 11.0 Å². The van der Waals surface area contributed by atoms with Crippen LogP contribution in [0.5, 0.6) is 0 Å². The molecular weight excluding hydrogens is 339 g/mol. The highest BCUT2D eigenvalue weighted by Crippen LogP contribution is 2.45. The maximum atomic E-state index is 11.1. The molecule has 21 heavy (non-hydrogen) atoms. The molecule has 11 heteroatoms. The largest absolute Gasteiger partial charge is 0.368 e. The highest BCUT2D eigenvalue weighted by Gasteiger charge is 2.28. The number of nitrogens with one attached hydrogen (secondary N) is 1. The standard InChI is InChI=1S/C10H10Cl2N6O2S/c1-3(14-10-16-4(2)15-9(13)17-10)5-6(11)7(12)21-8(5)18(19)20/h3H,1-2H3,(H3,13,14,15,16,17). The van der Waals surface area contributed by atoms with E-state index in [1.165, 1.54) is 0 Å². The van der Waals surface area contributed by atoms with E-state index in [4.69, 9.17) is 28.9 Å². The zero-order valence-corrected chi connectivity index (χ0v) is 13.3. The van der Waals surface area contributed by atoms with Gasteiger partial charge in [-0.25, -0.2) is 0 Å². The molecule has 8 nitrogen and oxygen atoms in total. The first-order chi connectivity index (χ1) is 9.79. The SMILES string of the molecule is Cc1nc(N)nc(NC(C)c2c([N+](=O)[O-])sc(Cl)c2Cl)n1. The van der Waals surface area contributed by atoms with Crippen molar-refractivity contribution >= 4 is 51.4 Å². The zero-order chi connectivity index (χ0) is 15.7. The third-order valence-corrected chi connectivity index (χ3v) is 4.50. The number of nitrogens with two attached hydrogens (primary N) is 1. The van der Waals surface area contributed by atoms with Crippen LogP contribution in [0, 0.1) is 17.0 Å². The van der Waals surface area contributed by atoms with Gasteiger partial charge in [0.2, 0.25) is 11.9 Å². The van der Waals surface area contributed by atoms with Gasteiger partial charge in [-0.1, -0.05) is 23.2 Å². The molecule has 2 rings (SSSR count). The Bertz CT molecular complexity index is 687. The minimum absolute atomic E-state index is 0.0566. The van der Waals surface area contributed by atoms with Crippen molar-refractivity contribution in [1.29, 1.82) is 0 Å². The van der Waals surface area contributed by atoms with Crippen LogP contribution in [-0.2, 0) is 0 Å². The molecule has 0 fully saturated rings. The Morgan fingerprint density at radius 1 is 1.38 bits per heavy atom. The van der Waals surface area contributed by atoms with E-state index in [0.29, 0.717) is 5.82 Å². The molecule has 0 bridgehead atoms. The first-order valence-corrected chi connectivity index (χ1v) is 7.23. The highest BCUT2D eigenvalue weighted by molar-refractivity contribution is 7.20. The number of rotatable bonds is 4. The van der Waals surface area contributed by atoms with Crippen molar-refractivity contribution in [3.8, 4) is 0 Å². The monoisotopic (exact) mass is 348 g/mol. The third kappa shape index (κ3) is 3.31. The molecule has 1 atom stereocenters. The molecule has 0 saturated heterocycles. The summed E-state index contributed by atoms with van der Waals surface area (Å²) in [7, 11) is 0. The van der Waals surface area contributed by atoms with Gasteiger partial charge in [0.1, 0.15) is 10.2 Å². The van der Waals surface area contributed by atoms with Crippen molar-refractivity contribution in [3.05, 3.63) is 30.9 Å². The highest BCUT2D eigenvalue weighted by atomic mass is 35.5. The minimum Gasteiger partial charge on any atom is -0.368 e. The van der Waals surface area contributed by atoms with Crippen LogP contribution in [0.4, 0.5) is 16.9 Å². The van der Waals surface area contributed by atoms with Crippen LogP contribution in [0.15, 0.2) is 0 Å². The topological polar surface area (TPSA) is 120 Å². The quantitative estimate of drug-likeness (QED) is 0.642. The van der Waals surface area contributed by atoms with E-state index in [1.807, 2.05) is 0 Å². The first kappa shape index (κ1) is 15.7. The molecule has 0 saturated carbocycles. The predicted molar refractivity (Wildman–Crippen MR) is 82.0 cm³/mol. The fourth-order valence-electron chi connectivity index (χ4n) is 1.73. The van der Waals surface area contributed by atoms with Gasteiger partial charge in [-0.05, 0) is 25.2 Å². The Morgan fingerprint density at radius 3 is 2.62 bits per heavy atom. The van der Waals surface area contributed by atoms with Crippen LogP contribution in [-0.4, -0.2) is 19.9 Å². The van der Waals surface area contributed by atoms with E-state index in [2.05, 4.69) is 20.3 Å². The molecule has 0 aliphatic rings. The van der Waals surface area contributed by atoms with Crippen LogP contribution >= 0.6 is 34.5 Å². The van der Waals surface area contributed by atoms with Gasteiger partial charge in [-0.3, -0.25) is 10.1 Å². The zero-order valence-electron chi connectivity index (χ0n) is 10.9. The Balaban J connectivity index is 2.36. The minimum atomic E-state index is -0.525. The number of hydrogen-bond donors (Lipinski definition) is 2. The van der Waals surface area contributed by atoms with Crippen molar-refractivity contribution in [2.45, 2.75) is 19.9 Å². The number of aromatic nitrogens is 3. The number of anilines is 2. The second kappa shape index (κ2) is 5.96. The maximum absolute atomic E-state index is 11.1. The van der Waals surface area contributed by atoms with E-state index in [0.717, 1.165) is 11.3 Å². The lowest BCUT2D eigenvalue weighted by Crippen LogP contribution is -2.12. The predicted octanol–water partition coefficient (Wildman–Crippen LogP) is 3.21. The number of aryl methyl sites for hydroxylation is 1. The Hall–Kier alpha value is -1.71. The van der Waals surface area contributed by atoms with Gasteiger partial charge in [0.25, 0.3) is 0 Å². The number of hydrogen-bond acceptors (Lipinski definition) is 8.